The van der Waals surface area contributed by atoms with Gasteiger partial charge in [-0.15, -0.1) is 11.3 Å². The predicted molar refractivity (Wildman–Crippen MR) is 111 cm³/mol. The molecule has 0 unspecified atom stereocenters. The number of carbonyl (C=O) groups excluding carboxylic acids is 1. The number of amides is 1. The molecule has 0 radical (unpaired) electrons. The van der Waals surface area contributed by atoms with Crippen LogP contribution in [-0.2, 0) is 6.54 Å². The van der Waals surface area contributed by atoms with Gasteiger partial charge in [0, 0.05) is 28.9 Å². The number of hydrogen-bond donors (Lipinski definition) is 1. The monoisotopic (exact) mass is 376 g/mol. The molecule has 5 heteroatoms. The van der Waals surface area contributed by atoms with Crippen LogP contribution >= 0.6 is 11.3 Å². The predicted octanol–water partition coefficient (Wildman–Crippen LogP) is 5.32. The third-order valence-corrected chi connectivity index (χ3v) is 5.32. The lowest BCUT2D eigenvalue weighted by molar-refractivity contribution is 0.102. The van der Waals surface area contributed by atoms with Crippen molar-refractivity contribution in [1.29, 1.82) is 0 Å². The van der Waals surface area contributed by atoms with Gasteiger partial charge in [0.1, 0.15) is 5.75 Å². The molecule has 1 N–H and O–H groups in total. The van der Waals surface area contributed by atoms with Gasteiger partial charge in [0.25, 0.3) is 5.91 Å². The summed E-state index contributed by atoms with van der Waals surface area (Å²) in [6.45, 7) is 2.83. The first kappa shape index (κ1) is 17.4. The van der Waals surface area contributed by atoms with E-state index in [2.05, 4.69) is 47.1 Å². The van der Waals surface area contributed by atoms with Crippen LogP contribution in [0, 0.1) is 6.92 Å². The van der Waals surface area contributed by atoms with E-state index in [4.69, 9.17) is 4.74 Å². The summed E-state index contributed by atoms with van der Waals surface area (Å²) in [5, 5.41) is 7.70. The van der Waals surface area contributed by atoms with Gasteiger partial charge in [-0.25, -0.2) is 0 Å². The number of aromatic nitrogens is 1. The van der Waals surface area contributed by atoms with Crippen LogP contribution in [0.4, 0.5) is 5.69 Å². The molecule has 136 valence electrons. The molecule has 0 bridgehead atoms. The van der Waals surface area contributed by atoms with Gasteiger partial charge in [0.15, 0.2) is 0 Å². The lowest BCUT2D eigenvalue weighted by atomic mass is 10.1. The number of anilines is 1. The van der Waals surface area contributed by atoms with Crippen molar-refractivity contribution in [2.75, 3.05) is 12.4 Å². The standard InChI is InChI=1S/C22H20N2O2S/c1-15-7-9-16(10-8-15)11-24-12-19(17-5-3-4-6-20(17)24)23-22(25)18-13-27-14-21(18)26-2/h3-10,12-14H,11H2,1-2H3,(H,23,25). The first-order valence-electron chi connectivity index (χ1n) is 8.70. The van der Waals surface area contributed by atoms with Gasteiger partial charge in [0.05, 0.1) is 23.9 Å². The van der Waals surface area contributed by atoms with Gasteiger partial charge in [0.2, 0.25) is 0 Å². The van der Waals surface area contributed by atoms with Gasteiger partial charge in [-0.2, -0.15) is 0 Å². The summed E-state index contributed by atoms with van der Waals surface area (Å²) in [5.74, 6) is 0.437. The minimum absolute atomic E-state index is 0.161. The number of nitrogens with one attached hydrogen (secondary N) is 1. The highest BCUT2D eigenvalue weighted by Gasteiger charge is 2.16. The quantitative estimate of drug-likeness (QED) is 0.512. The largest absolute Gasteiger partial charge is 0.495 e. The van der Waals surface area contributed by atoms with Gasteiger partial charge >= 0.3 is 0 Å². The maximum absolute atomic E-state index is 12.7. The number of thiophene rings is 1. The van der Waals surface area contributed by atoms with Crippen LogP contribution in [0.25, 0.3) is 10.9 Å². The maximum Gasteiger partial charge on any atom is 0.260 e. The fraction of sp³-hybridized carbons (Fsp3) is 0.136. The smallest absolute Gasteiger partial charge is 0.260 e. The number of aryl methyl sites for hydroxylation is 1. The molecular weight excluding hydrogens is 356 g/mol. The van der Waals surface area contributed by atoms with E-state index >= 15 is 0 Å². The molecule has 0 saturated heterocycles. The minimum Gasteiger partial charge on any atom is -0.495 e. The van der Waals surface area contributed by atoms with Crippen LogP contribution in [-0.4, -0.2) is 17.6 Å². The molecule has 4 nitrogen and oxygen atoms in total. The molecule has 0 aliphatic heterocycles. The number of hydrogen-bond acceptors (Lipinski definition) is 3. The average molecular weight is 376 g/mol. The number of rotatable bonds is 5. The van der Waals surface area contributed by atoms with Crippen molar-refractivity contribution in [1.82, 2.24) is 4.57 Å². The van der Waals surface area contributed by atoms with Crippen LogP contribution in [0.15, 0.2) is 65.5 Å². The molecule has 27 heavy (non-hydrogen) atoms. The summed E-state index contributed by atoms with van der Waals surface area (Å²) in [7, 11) is 1.58. The number of fused-ring (bicyclic) bond motifs is 1. The second-order valence-corrected chi connectivity index (χ2v) is 7.22. The van der Waals surface area contributed by atoms with E-state index < -0.39 is 0 Å². The third kappa shape index (κ3) is 3.46. The van der Waals surface area contributed by atoms with E-state index in [9.17, 15) is 4.79 Å². The zero-order valence-electron chi connectivity index (χ0n) is 15.2. The summed E-state index contributed by atoms with van der Waals surface area (Å²) in [6.07, 6.45) is 2.00. The van der Waals surface area contributed by atoms with Crippen molar-refractivity contribution in [2.45, 2.75) is 13.5 Å². The number of carbonyl (C=O) groups is 1. The molecule has 0 saturated carbocycles. The highest BCUT2D eigenvalue weighted by atomic mass is 32.1. The van der Waals surface area contributed by atoms with Crippen molar-refractivity contribution < 1.29 is 9.53 Å². The average Bonchev–Trinajstić information content (AvgIpc) is 3.29. The molecule has 4 aromatic rings. The summed E-state index contributed by atoms with van der Waals surface area (Å²) >= 11 is 1.45. The van der Waals surface area contributed by atoms with Gasteiger partial charge in [-0.05, 0) is 18.6 Å². The Morgan fingerprint density at radius 3 is 2.67 bits per heavy atom. The molecule has 2 aromatic heterocycles. The Hall–Kier alpha value is -3.05. The number of benzene rings is 2. The summed E-state index contributed by atoms with van der Waals surface area (Å²) in [5.41, 5.74) is 4.91. The molecule has 0 atom stereocenters. The van der Waals surface area contributed by atoms with Gasteiger partial charge in [-0.1, -0.05) is 48.0 Å². The highest BCUT2D eigenvalue weighted by molar-refractivity contribution is 7.08. The van der Waals surface area contributed by atoms with Crippen molar-refractivity contribution in [3.63, 3.8) is 0 Å². The molecule has 2 heterocycles. The van der Waals surface area contributed by atoms with Gasteiger partial charge in [-0.3, -0.25) is 4.79 Å². The number of para-hydroxylation sites is 1. The first-order chi connectivity index (χ1) is 13.2. The summed E-state index contributed by atoms with van der Waals surface area (Å²) in [4.78, 5) is 12.7. The molecule has 4 rings (SSSR count). The Bertz CT molecular complexity index is 1090. The Kier molecular flexibility index (Phi) is 4.69. The van der Waals surface area contributed by atoms with Gasteiger partial charge < -0.3 is 14.6 Å². The Labute approximate surface area is 162 Å². The first-order valence-corrected chi connectivity index (χ1v) is 9.65. The van der Waals surface area contributed by atoms with Crippen molar-refractivity contribution in [2.24, 2.45) is 0 Å². The zero-order chi connectivity index (χ0) is 18.8. The van der Waals surface area contributed by atoms with E-state index in [0.717, 1.165) is 23.1 Å². The molecule has 2 aromatic carbocycles. The maximum atomic E-state index is 12.7. The van der Waals surface area contributed by atoms with E-state index in [-0.39, 0.29) is 5.91 Å². The van der Waals surface area contributed by atoms with Crippen LogP contribution in [0.3, 0.4) is 0 Å². The molecular formula is C22H20N2O2S. The molecule has 1 amide bonds. The normalized spacial score (nSPS) is 10.9. The van der Waals surface area contributed by atoms with Crippen molar-refractivity contribution in [3.05, 3.63) is 82.2 Å². The lowest BCUT2D eigenvalue weighted by Gasteiger charge is -2.06. The van der Waals surface area contributed by atoms with E-state index in [1.165, 1.54) is 22.5 Å². The number of nitrogens with zero attached hydrogens (tertiary/aromatic N) is 1. The molecule has 0 spiro atoms. The third-order valence-electron chi connectivity index (χ3n) is 4.60. The van der Waals surface area contributed by atoms with Crippen LogP contribution in [0.1, 0.15) is 21.5 Å². The van der Waals surface area contributed by atoms with Crippen molar-refractivity contribution >= 4 is 33.8 Å². The second-order valence-electron chi connectivity index (χ2n) is 6.48. The Morgan fingerprint density at radius 2 is 1.89 bits per heavy atom. The molecule has 0 aliphatic carbocycles. The van der Waals surface area contributed by atoms with Crippen molar-refractivity contribution in [3.8, 4) is 5.75 Å². The summed E-state index contributed by atoms with van der Waals surface area (Å²) in [6, 6.07) is 16.6. The number of ether oxygens (including phenoxy) is 1. The van der Waals surface area contributed by atoms with Crippen LogP contribution in [0.2, 0.25) is 0 Å². The molecule has 0 fully saturated rings. The summed E-state index contributed by atoms with van der Waals surface area (Å²) < 4.78 is 7.44. The SMILES string of the molecule is COc1cscc1C(=O)Nc1cn(Cc2ccc(C)cc2)c2ccccc12. The zero-order valence-corrected chi connectivity index (χ0v) is 16.0. The lowest BCUT2D eigenvalue weighted by Crippen LogP contribution is -2.11. The van der Waals surface area contributed by atoms with Crippen LogP contribution in [0.5, 0.6) is 5.75 Å². The second kappa shape index (κ2) is 7.29. The van der Waals surface area contributed by atoms with E-state index in [1.807, 2.05) is 29.8 Å². The topological polar surface area (TPSA) is 43.3 Å². The number of methoxy groups -OCH3 is 1. The molecule has 0 aliphatic rings. The Morgan fingerprint density at radius 1 is 1.11 bits per heavy atom. The fourth-order valence-corrected chi connectivity index (χ4v) is 3.94. The van der Waals surface area contributed by atoms with E-state index in [0.29, 0.717) is 11.3 Å². The minimum atomic E-state index is -0.161. The highest BCUT2D eigenvalue weighted by Crippen LogP contribution is 2.29. The van der Waals surface area contributed by atoms with E-state index in [1.54, 1.807) is 12.5 Å². The fourth-order valence-electron chi connectivity index (χ4n) is 3.17. The van der Waals surface area contributed by atoms with Crippen LogP contribution < -0.4 is 10.1 Å². The Balaban J connectivity index is 1.67.